The van der Waals surface area contributed by atoms with E-state index in [9.17, 15) is 14.9 Å². The molecule has 1 aromatic rings. The van der Waals surface area contributed by atoms with Gasteiger partial charge in [0, 0.05) is 22.0 Å². The number of halogens is 1. The maximum Gasteiger partial charge on any atom is 0.307 e. The maximum atomic E-state index is 10.8. The summed E-state index contributed by atoms with van der Waals surface area (Å²) >= 11 is 3.16. The van der Waals surface area contributed by atoms with Crippen LogP contribution in [0.3, 0.4) is 0 Å². The topological polar surface area (TPSA) is 80.4 Å². The standard InChI is InChI=1S/C10H8BrNO4/c11-5-1-2-6(9(3-5)12(15)16)7-4-8(7)10(13)14/h1-3,7-8H,4H2,(H,13,14)/t7-,8+/m0/s1. The van der Waals surface area contributed by atoms with Crippen LogP contribution in [0.25, 0.3) is 0 Å². The molecule has 0 bridgehead atoms. The van der Waals surface area contributed by atoms with E-state index in [4.69, 9.17) is 5.11 Å². The fourth-order valence-electron chi connectivity index (χ4n) is 1.80. The Morgan fingerprint density at radius 3 is 2.75 bits per heavy atom. The quantitative estimate of drug-likeness (QED) is 0.684. The largest absolute Gasteiger partial charge is 0.481 e. The van der Waals surface area contributed by atoms with Crippen LogP contribution in [0.15, 0.2) is 22.7 Å². The monoisotopic (exact) mass is 285 g/mol. The first-order valence-corrected chi connectivity index (χ1v) is 5.46. The minimum atomic E-state index is -0.887. The average Bonchev–Trinajstić information content (AvgIpc) is 2.97. The number of nitro groups is 1. The maximum absolute atomic E-state index is 10.8. The molecular formula is C10H8BrNO4. The summed E-state index contributed by atoms with van der Waals surface area (Å²) in [6.45, 7) is 0. The van der Waals surface area contributed by atoms with Gasteiger partial charge in [0.05, 0.1) is 10.8 Å². The van der Waals surface area contributed by atoms with Gasteiger partial charge in [-0.15, -0.1) is 0 Å². The molecule has 6 heteroatoms. The normalized spacial score (nSPS) is 22.8. The van der Waals surface area contributed by atoms with E-state index in [1.807, 2.05) is 0 Å². The van der Waals surface area contributed by atoms with Gasteiger partial charge in [-0.1, -0.05) is 22.0 Å². The lowest BCUT2D eigenvalue weighted by Crippen LogP contribution is -2.01. The second kappa shape index (κ2) is 3.86. The van der Waals surface area contributed by atoms with Gasteiger partial charge >= 0.3 is 5.97 Å². The molecule has 84 valence electrons. The Hall–Kier alpha value is -1.43. The molecule has 1 aliphatic rings. The molecule has 1 aliphatic carbocycles. The van der Waals surface area contributed by atoms with Gasteiger partial charge in [0.2, 0.25) is 0 Å². The van der Waals surface area contributed by atoms with Crippen molar-refractivity contribution in [3.8, 4) is 0 Å². The highest BCUT2D eigenvalue weighted by atomic mass is 79.9. The zero-order valence-electron chi connectivity index (χ0n) is 8.09. The number of carboxylic acids is 1. The Bertz CT molecular complexity index is 474. The van der Waals surface area contributed by atoms with Gasteiger partial charge in [-0.25, -0.2) is 0 Å². The molecule has 0 heterocycles. The number of benzene rings is 1. The average molecular weight is 286 g/mol. The first-order chi connectivity index (χ1) is 7.50. The lowest BCUT2D eigenvalue weighted by molar-refractivity contribution is -0.385. The van der Waals surface area contributed by atoms with E-state index in [1.165, 1.54) is 6.07 Å². The number of hydrogen-bond acceptors (Lipinski definition) is 3. The van der Waals surface area contributed by atoms with Gasteiger partial charge in [-0.3, -0.25) is 14.9 Å². The molecule has 0 spiro atoms. The SMILES string of the molecule is O=C(O)[C@@H]1C[C@H]1c1ccc(Br)cc1[N+](=O)[O-]. The molecule has 5 nitrogen and oxygen atoms in total. The van der Waals surface area contributed by atoms with Crippen LogP contribution in [0, 0.1) is 16.0 Å². The Balaban J connectivity index is 2.35. The summed E-state index contributed by atoms with van der Waals surface area (Å²) in [4.78, 5) is 21.1. The molecule has 0 amide bonds. The third kappa shape index (κ3) is 1.92. The van der Waals surface area contributed by atoms with Gasteiger partial charge in [0.1, 0.15) is 0 Å². The predicted octanol–water partition coefficient (Wildman–Crippen LogP) is 2.55. The number of carbonyl (C=O) groups is 1. The van der Waals surface area contributed by atoms with Crippen molar-refractivity contribution in [2.24, 2.45) is 5.92 Å². The highest BCUT2D eigenvalue weighted by Crippen LogP contribution is 2.50. The highest BCUT2D eigenvalue weighted by molar-refractivity contribution is 9.10. The fourth-order valence-corrected chi connectivity index (χ4v) is 2.15. The number of nitrogens with zero attached hydrogens (tertiary/aromatic N) is 1. The molecule has 1 N–H and O–H groups in total. The minimum Gasteiger partial charge on any atom is -0.481 e. The number of nitro benzene ring substituents is 1. The summed E-state index contributed by atoms with van der Waals surface area (Å²) in [6.07, 6.45) is 0.484. The summed E-state index contributed by atoms with van der Waals surface area (Å²) in [6, 6.07) is 4.72. The molecule has 0 aliphatic heterocycles. The number of aliphatic carboxylic acids is 1. The number of rotatable bonds is 3. The van der Waals surface area contributed by atoms with Crippen molar-refractivity contribution >= 4 is 27.6 Å². The van der Waals surface area contributed by atoms with Crippen LogP contribution in [0.4, 0.5) is 5.69 Å². The van der Waals surface area contributed by atoms with Crippen LogP contribution >= 0.6 is 15.9 Å². The third-order valence-corrected chi connectivity index (χ3v) is 3.19. The van der Waals surface area contributed by atoms with Crippen LogP contribution in [0.2, 0.25) is 0 Å². The van der Waals surface area contributed by atoms with Crippen molar-refractivity contribution < 1.29 is 14.8 Å². The molecule has 1 aromatic carbocycles. The van der Waals surface area contributed by atoms with Crippen molar-refractivity contribution in [3.63, 3.8) is 0 Å². The smallest absolute Gasteiger partial charge is 0.307 e. The molecular weight excluding hydrogens is 278 g/mol. The molecule has 2 atom stereocenters. The van der Waals surface area contributed by atoms with Gasteiger partial charge in [0.15, 0.2) is 0 Å². The lowest BCUT2D eigenvalue weighted by Gasteiger charge is -2.01. The van der Waals surface area contributed by atoms with Crippen LogP contribution in [-0.4, -0.2) is 16.0 Å². The molecule has 16 heavy (non-hydrogen) atoms. The summed E-state index contributed by atoms with van der Waals surface area (Å²) < 4.78 is 0.621. The van der Waals surface area contributed by atoms with Crippen molar-refractivity contribution in [2.45, 2.75) is 12.3 Å². The molecule has 0 aromatic heterocycles. The van der Waals surface area contributed by atoms with E-state index in [1.54, 1.807) is 12.1 Å². The van der Waals surface area contributed by atoms with Gasteiger partial charge < -0.3 is 5.11 Å². The van der Waals surface area contributed by atoms with E-state index < -0.39 is 16.8 Å². The molecule has 1 saturated carbocycles. The number of carboxylic acid groups (broad SMARTS) is 1. The molecule has 0 radical (unpaired) electrons. The van der Waals surface area contributed by atoms with Crippen LogP contribution in [0.5, 0.6) is 0 Å². The molecule has 0 unspecified atom stereocenters. The summed E-state index contributed by atoms with van der Waals surface area (Å²) in [5.74, 6) is -1.58. The summed E-state index contributed by atoms with van der Waals surface area (Å²) in [5, 5.41) is 19.6. The van der Waals surface area contributed by atoms with Gasteiger partial charge in [0.25, 0.3) is 5.69 Å². The molecule has 1 fully saturated rings. The zero-order valence-corrected chi connectivity index (χ0v) is 9.68. The van der Waals surface area contributed by atoms with E-state index in [0.717, 1.165) is 0 Å². The first-order valence-electron chi connectivity index (χ1n) is 4.67. The second-order valence-corrected chi connectivity index (χ2v) is 4.66. The minimum absolute atomic E-state index is 0.0110. The van der Waals surface area contributed by atoms with Gasteiger partial charge in [-0.05, 0) is 12.5 Å². The first kappa shape index (κ1) is 11.1. The van der Waals surface area contributed by atoms with E-state index in [2.05, 4.69) is 15.9 Å². The van der Waals surface area contributed by atoms with Crippen molar-refractivity contribution in [3.05, 3.63) is 38.3 Å². The van der Waals surface area contributed by atoms with Crippen molar-refractivity contribution in [1.82, 2.24) is 0 Å². The van der Waals surface area contributed by atoms with Crippen LogP contribution in [-0.2, 0) is 4.79 Å². The van der Waals surface area contributed by atoms with E-state index >= 15 is 0 Å². The number of hydrogen-bond donors (Lipinski definition) is 1. The van der Waals surface area contributed by atoms with Crippen LogP contribution in [0.1, 0.15) is 17.9 Å². The molecule has 2 rings (SSSR count). The zero-order chi connectivity index (χ0) is 11.9. The Morgan fingerprint density at radius 2 is 2.25 bits per heavy atom. The fraction of sp³-hybridized carbons (Fsp3) is 0.300. The Morgan fingerprint density at radius 1 is 1.56 bits per heavy atom. The van der Waals surface area contributed by atoms with Gasteiger partial charge in [-0.2, -0.15) is 0 Å². The second-order valence-electron chi connectivity index (χ2n) is 3.75. The Kier molecular flexibility index (Phi) is 2.67. The third-order valence-electron chi connectivity index (χ3n) is 2.70. The highest BCUT2D eigenvalue weighted by Gasteiger charge is 2.46. The Labute approximate surface area is 99.4 Å². The van der Waals surface area contributed by atoms with E-state index in [0.29, 0.717) is 16.5 Å². The van der Waals surface area contributed by atoms with Crippen molar-refractivity contribution in [1.29, 1.82) is 0 Å². The van der Waals surface area contributed by atoms with Crippen molar-refractivity contribution in [2.75, 3.05) is 0 Å². The molecule has 0 saturated heterocycles. The van der Waals surface area contributed by atoms with E-state index in [-0.39, 0.29) is 11.6 Å². The summed E-state index contributed by atoms with van der Waals surface area (Å²) in [7, 11) is 0. The lowest BCUT2D eigenvalue weighted by atomic mass is 10.1. The summed E-state index contributed by atoms with van der Waals surface area (Å²) in [5.41, 5.74) is 0.503. The predicted molar refractivity (Wildman–Crippen MR) is 59.3 cm³/mol. The van der Waals surface area contributed by atoms with Crippen LogP contribution < -0.4 is 0 Å².